The Balaban J connectivity index is 1.39. The maximum atomic E-state index is 15.0. The van der Waals surface area contributed by atoms with Gasteiger partial charge in [0.15, 0.2) is 11.6 Å². The third kappa shape index (κ3) is 5.21. The monoisotopic (exact) mass is 556 g/mol. The zero-order valence-electron chi connectivity index (χ0n) is 22.2. The van der Waals surface area contributed by atoms with Crippen LogP contribution in [0.15, 0.2) is 41.6 Å². The fourth-order valence-electron chi connectivity index (χ4n) is 4.84. The van der Waals surface area contributed by atoms with Crippen LogP contribution in [-0.2, 0) is 10.0 Å². The maximum Gasteiger partial charge on any atom is 0.244 e. The van der Waals surface area contributed by atoms with E-state index >= 15 is 0 Å². The molecular weight excluding hydrogens is 526 g/mol. The van der Waals surface area contributed by atoms with Gasteiger partial charge in [-0.05, 0) is 51.6 Å². The molecule has 1 fully saturated rings. The van der Waals surface area contributed by atoms with Crippen LogP contribution >= 0.6 is 0 Å². The lowest BCUT2D eigenvalue weighted by molar-refractivity contribution is 0.196. The first-order valence-corrected chi connectivity index (χ1v) is 14.2. The minimum absolute atomic E-state index is 0.0240. The van der Waals surface area contributed by atoms with Crippen molar-refractivity contribution >= 4 is 32.8 Å². The van der Waals surface area contributed by atoms with Crippen molar-refractivity contribution in [3.63, 3.8) is 0 Å². The molecule has 10 nitrogen and oxygen atoms in total. The Morgan fingerprint density at radius 1 is 1.00 bits per heavy atom. The molecule has 3 aromatic heterocycles. The van der Waals surface area contributed by atoms with Crippen molar-refractivity contribution in [2.24, 2.45) is 0 Å². The van der Waals surface area contributed by atoms with Crippen LogP contribution in [0.2, 0.25) is 0 Å². The van der Waals surface area contributed by atoms with Gasteiger partial charge in [0, 0.05) is 44.0 Å². The minimum atomic E-state index is -3.67. The first-order chi connectivity index (χ1) is 18.6. The van der Waals surface area contributed by atoms with E-state index in [1.165, 1.54) is 28.7 Å². The molecule has 206 valence electrons. The Hall–Kier alpha value is -3.55. The number of imidazole rings is 1. The number of fused-ring (bicyclic) bond motifs is 1. The molecule has 1 aliphatic rings. The molecule has 0 radical (unpaired) electrons. The summed E-state index contributed by atoms with van der Waals surface area (Å²) in [4.78, 5) is 19.0. The number of sulfonamides is 1. The highest BCUT2D eigenvalue weighted by Gasteiger charge is 2.28. The summed E-state index contributed by atoms with van der Waals surface area (Å²) in [7, 11) is -3.67. The standard InChI is InChI=1S/C26H30F2N8O2S/c1-5-34-8-10-35(11-9-34)39(37,38)19-6-7-23(29-14-19)32-26-30-15-21(28)24(33-26)18-12-20(27)25-22(13-18)36(16(2)3)17(4)31-25/h6-7,12-16H,5,8-11H2,1-4H3,(H,29,30,32,33). The van der Waals surface area contributed by atoms with E-state index in [1.807, 2.05) is 25.3 Å². The van der Waals surface area contributed by atoms with Gasteiger partial charge in [-0.25, -0.2) is 37.1 Å². The lowest BCUT2D eigenvalue weighted by atomic mass is 10.1. The number of anilines is 2. The van der Waals surface area contributed by atoms with Crippen LogP contribution < -0.4 is 5.32 Å². The number of aromatic nitrogens is 5. The summed E-state index contributed by atoms with van der Waals surface area (Å²) in [6.45, 7) is 10.9. The van der Waals surface area contributed by atoms with Gasteiger partial charge in [0.05, 0.1) is 11.7 Å². The maximum absolute atomic E-state index is 15.0. The number of aryl methyl sites for hydroxylation is 1. The molecule has 39 heavy (non-hydrogen) atoms. The van der Waals surface area contributed by atoms with Crippen LogP contribution in [0.1, 0.15) is 32.6 Å². The predicted octanol–water partition coefficient (Wildman–Crippen LogP) is 4.13. The SMILES string of the molecule is CCN1CCN(S(=O)(=O)c2ccc(Nc3ncc(F)c(-c4cc(F)c5nc(C)n(C(C)C)c5c4)n3)nc2)CC1. The van der Waals surface area contributed by atoms with Gasteiger partial charge in [-0.2, -0.15) is 4.31 Å². The van der Waals surface area contributed by atoms with Gasteiger partial charge < -0.3 is 14.8 Å². The Bertz CT molecular complexity index is 1620. The number of rotatable bonds is 7. The van der Waals surface area contributed by atoms with E-state index in [-0.39, 0.29) is 39.5 Å². The highest BCUT2D eigenvalue weighted by atomic mass is 32.2. The smallest absolute Gasteiger partial charge is 0.244 e. The molecule has 1 N–H and O–H groups in total. The van der Waals surface area contributed by atoms with Gasteiger partial charge in [-0.3, -0.25) is 0 Å². The fourth-order valence-corrected chi connectivity index (χ4v) is 6.21. The van der Waals surface area contributed by atoms with Gasteiger partial charge in [-0.15, -0.1) is 0 Å². The molecule has 0 bridgehead atoms. The third-order valence-electron chi connectivity index (χ3n) is 6.85. The highest BCUT2D eigenvalue weighted by Crippen LogP contribution is 2.30. The predicted molar refractivity (Wildman–Crippen MR) is 144 cm³/mol. The van der Waals surface area contributed by atoms with Crippen molar-refractivity contribution in [1.29, 1.82) is 0 Å². The topological polar surface area (TPSA) is 109 Å². The van der Waals surface area contributed by atoms with E-state index in [2.05, 4.69) is 30.2 Å². The van der Waals surface area contributed by atoms with E-state index in [4.69, 9.17) is 0 Å². The van der Waals surface area contributed by atoms with Gasteiger partial charge in [0.1, 0.15) is 27.7 Å². The number of halogens is 2. The van der Waals surface area contributed by atoms with Crippen molar-refractivity contribution < 1.29 is 17.2 Å². The second-order valence-corrected chi connectivity index (χ2v) is 11.6. The lowest BCUT2D eigenvalue weighted by Crippen LogP contribution is -2.48. The Morgan fingerprint density at radius 2 is 1.74 bits per heavy atom. The molecule has 0 amide bonds. The molecule has 1 aliphatic heterocycles. The molecule has 0 atom stereocenters. The number of pyridine rings is 1. The number of hydrogen-bond donors (Lipinski definition) is 1. The van der Waals surface area contributed by atoms with Crippen LogP contribution in [0.5, 0.6) is 0 Å². The number of nitrogens with zero attached hydrogens (tertiary/aromatic N) is 7. The second kappa shape index (κ2) is 10.5. The molecule has 0 saturated carbocycles. The largest absolute Gasteiger partial charge is 0.326 e. The lowest BCUT2D eigenvalue weighted by Gasteiger charge is -2.33. The van der Waals surface area contributed by atoms with Gasteiger partial charge >= 0.3 is 0 Å². The Kier molecular flexibility index (Phi) is 7.31. The van der Waals surface area contributed by atoms with Crippen LogP contribution in [0.4, 0.5) is 20.5 Å². The van der Waals surface area contributed by atoms with Crippen LogP contribution in [0.25, 0.3) is 22.3 Å². The minimum Gasteiger partial charge on any atom is -0.326 e. The fraction of sp³-hybridized carbons (Fsp3) is 0.385. The number of piperazine rings is 1. The second-order valence-electron chi connectivity index (χ2n) is 9.68. The summed E-state index contributed by atoms with van der Waals surface area (Å²) >= 11 is 0. The number of nitrogens with one attached hydrogen (secondary N) is 1. The van der Waals surface area contributed by atoms with Gasteiger partial charge in [0.25, 0.3) is 0 Å². The first kappa shape index (κ1) is 27.0. The van der Waals surface area contributed by atoms with Crippen molar-refractivity contribution in [2.75, 3.05) is 38.0 Å². The summed E-state index contributed by atoms with van der Waals surface area (Å²) in [5.74, 6) is -0.339. The summed E-state index contributed by atoms with van der Waals surface area (Å²) in [5.41, 5.74) is 0.902. The number of benzene rings is 1. The van der Waals surface area contributed by atoms with Crippen LogP contribution in [-0.4, -0.2) is 74.8 Å². The zero-order valence-corrected chi connectivity index (χ0v) is 23.0. The van der Waals surface area contributed by atoms with E-state index in [0.717, 1.165) is 12.7 Å². The molecule has 4 heterocycles. The quantitative estimate of drug-likeness (QED) is 0.362. The van der Waals surface area contributed by atoms with Gasteiger partial charge in [0.2, 0.25) is 16.0 Å². The Labute approximate surface area is 225 Å². The van der Waals surface area contributed by atoms with Gasteiger partial charge in [-0.1, -0.05) is 6.92 Å². The molecule has 5 rings (SSSR count). The summed E-state index contributed by atoms with van der Waals surface area (Å²) in [5, 5.41) is 2.87. The molecule has 4 aromatic rings. The van der Waals surface area contributed by atoms with Crippen molar-refractivity contribution in [3.05, 3.63) is 54.1 Å². The molecule has 0 aliphatic carbocycles. The Morgan fingerprint density at radius 3 is 2.38 bits per heavy atom. The van der Waals surface area contributed by atoms with E-state index in [0.29, 0.717) is 37.5 Å². The summed E-state index contributed by atoms with van der Waals surface area (Å²) in [6, 6.07) is 5.84. The van der Waals surface area contributed by atoms with Crippen molar-refractivity contribution in [1.82, 2.24) is 33.7 Å². The normalized spacial score (nSPS) is 15.4. The van der Waals surface area contributed by atoms with Crippen LogP contribution in [0, 0.1) is 18.6 Å². The molecule has 1 saturated heterocycles. The van der Waals surface area contributed by atoms with E-state index in [9.17, 15) is 17.2 Å². The number of hydrogen-bond acceptors (Lipinski definition) is 8. The highest BCUT2D eigenvalue weighted by molar-refractivity contribution is 7.89. The average molecular weight is 557 g/mol. The molecule has 1 aromatic carbocycles. The van der Waals surface area contributed by atoms with Crippen molar-refractivity contribution in [3.8, 4) is 11.3 Å². The molecule has 0 spiro atoms. The summed E-state index contributed by atoms with van der Waals surface area (Å²) < 4.78 is 59.1. The van der Waals surface area contributed by atoms with Crippen LogP contribution in [0.3, 0.4) is 0 Å². The average Bonchev–Trinajstić information content (AvgIpc) is 3.26. The van der Waals surface area contributed by atoms with E-state index in [1.54, 1.807) is 13.0 Å². The summed E-state index contributed by atoms with van der Waals surface area (Å²) in [6.07, 6.45) is 2.26. The first-order valence-electron chi connectivity index (χ1n) is 12.7. The molecule has 13 heteroatoms. The number of likely N-dealkylation sites (N-methyl/N-ethyl adjacent to an activating group) is 1. The van der Waals surface area contributed by atoms with E-state index < -0.39 is 21.7 Å². The molecular formula is C26H30F2N8O2S. The van der Waals surface area contributed by atoms with Crippen molar-refractivity contribution in [2.45, 2.75) is 38.6 Å². The molecule has 0 unspecified atom stereocenters. The third-order valence-corrected chi connectivity index (χ3v) is 8.73. The zero-order chi connectivity index (χ0) is 27.9.